The summed E-state index contributed by atoms with van der Waals surface area (Å²) in [5.41, 5.74) is 1.12. The van der Waals surface area contributed by atoms with Crippen LogP contribution in [0.25, 0.3) is 0 Å². The van der Waals surface area contributed by atoms with Gasteiger partial charge in [-0.3, -0.25) is 9.59 Å². The van der Waals surface area contributed by atoms with E-state index in [1.54, 1.807) is 17.0 Å². The zero-order valence-electron chi connectivity index (χ0n) is 17.1. The second-order valence-corrected chi connectivity index (χ2v) is 9.48. The van der Waals surface area contributed by atoms with Gasteiger partial charge in [-0.05, 0) is 30.0 Å². The van der Waals surface area contributed by atoms with Gasteiger partial charge in [0.05, 0.1) is 4.90 Å². The Hall–Kier alpha value is -1.93. The lowest BCUT2D eigenvalue weighted by molar-refractivity contribution is -0.138. The van der Waals surface area contributed by atoms with Crippen LogP contribution in [0.3, 0.4) is 0 Å². The minimum Gasteiger partial charge on any atom is -0.344 e. The van der Waals surface area contributed by atoms with E-state index in [-0.39, 0.29) is 35.7 Å². The summed E-state index contributed by atoms with van der Waals surface area (Å²) in [6.45, 7) is 8.35. The predicted molar refractivity (Wildman–Crippen MR) is 108 cm³/mol. The quantitative estimate of drug-likeness (QED) is 0.742. The van der Waals surface area contributed by atoms with Crippen LogP contribution in [0.5, 0.6) is 0 Å². The number of hydrogen-bond donors (Lipinski definition) is 1. The molecule has 0 aromatic heterocycles. The van der Waals surface area contributed by atoms with Gasteiger partial charge in [-0.15, -0.1) is 0 Å². The average molecular weight is 410 g/mol. The number of rotatable bonds is 7. The summed E-state index contributed by atoms with van der Waals surface area (Å²) in [4.78, 5) is 26.0. The zero-order chi connectivity index (χ0) is 20.9. The number of nitrogens with zero attached hydrogens (tertiary/aromatic N) is 2. The molecule has 0 bridgehead atoms. The van der Waals surface area contributed by atoms with Crippen molar-refractivity contribution in [3.8, 4) is 0 Å². The Kier molecular flexibility index (Phi) is 7.60. The minimum absolute atomic E-state index is 0.0419. The van der Waals surface area contributed by atoms with Gasteiger partial charge in [-0.25, -0.2) is 8.42 Å². The second kappa shape index (κ2) is 9.52. The smallest absolute Gasteiger partial charge is 0.245 e. The first-order valence-electron chi connectivity index (χ1n) is 9.81. The lowest BCUT2D eigenvalue weighted by atomic mass is 10.0. The summed E-state index contributed by atoms with van der Waals surface area (Å²) in [5.74, 6) is -0.453. The van der Waals surface area contributed by atoms with Gasteiger partial charge in [-0.1, -0.05) is 39.3 Å². The van der Waals surface area contributed by atoms with Gasteiger partial charge in [-0.2, -0.15) is 4.31 Å². The van der Waals surface area contributed by atoms with Crippen LogP contribution in [0.1, 0.15) is 39.7 Å². The summed E-state index contributed by atoms with van der Waals surface area (Å²) >= 11 is 0. The number of nitrogens with one attached hydrogen (secondary N) is 1. The Labute approximate surface area is 168 Å². The molecular weight excluding hydrogens is 378 g/mol. The lowest BCUT2D eigenvalue weighted by Crippen LogP contribution is -2.56. The number of carbonyl (C=O) groups excluding carboxylic acids is 2. The first-order valence-corrected chi connectivity index (χ1v) is 11.3. The maximum Gasteiger partial charge on any atom is 0.245 e. The Morgan fingerprint density at radius 1 is 1.07 bits per heavy atom. The average Bonchev–Trinajstić information content (AvgIpc) is 2.66. The second-order valence-electron chi connectivity index (χ2n) is 7.55. The summed E-state index contributed by atoms with van der Waals surface area (Å²) in [6, 6.07) is 6.44. The Bertz CT molecular complexity index is 782. The molecule has 28 heavy (non-hydrogen) atoms. The molecule has 1 atom stereocenters. The van der Waals surface area contributed by atoms with Crippen LogP contribution in [0.2, 0.25) is 0 Å². The van der Waals surface area contributed by atoms with Crippen molar-refractivity contribution in [1.82, 2.24) is 14.5 Å². The molecule has 0 radical (unpaired) electrons. The molecule has 0 spiro atoms. The standard InChI is InChI=1S/C20H31N3O4S/c1-5-6-17-7-9-18(10-8-17)28(26,27)23-13-11-22(12-14-23)20(25)19(15(2)3)21-16(4)24/h7-10,15,19H,5-6,11-14H2,1-4H3,(H,21,24)/t19-/m1/s1. The van der Waals surface area contributed by atoms with Crippen LogP contribution in [0, 0.1) is 5.92 Å². The molecule has 1 aromatic carbocycles. The molecule has 1 heterocycles. The molecule has 2 rings (SSSR count). The van der Waals surface area contributed by atoms with Crippen molar-refractivity contribution in [3.63, 3.8) is 0 Å². The van der Waals surface area contributed by atoms with E-state index in [0.717, 1.165) is 18.4 Å². The van der Waals surface area contributed by atoms with E-state index in [2.05, 4.69) is 12.2 Å². The first-order chi connectivity index (χ1) is 13.2. The molecule has 1 N–H and O–H groups in total. The maximum atomic E-state index is 12.9. The molecule has 2 amide bonds. The van der Waals surface area contributed by atoms with Crippen LogP contribution >= 0.6 is 0 Å². The van der Waals surface area contributed by atoms with Crippen LogP contribution < -0.4 is 5.32 Å². The van der Waals surface area contributed by atoms with Crippen LogP contribution in [0.15, 0.2) is 29.2 Å². The van der Waals surface area contributed by atoms with Gasteiger partial charge in [0, 0.05) is 33.1 Å². The number of carbonyl (C=O) groups is 2. The van der Waals surface area contributed by atoms with Crippen LogP contribution in [0.4, 0.5) is 0 Å². The highest BCUT2D eigenvalue weighted by Crippen LogP contribution is 2.19. The molecule has 0 aliphatic carbocycles. The molecular formula is C20H31N3O4S. The van der Waals surface area contributed by atoms with Crippen molar-refractivity contribution in [1.29, 1.82) is 0 Å². The van der Waals surface area contributed by atoms with Crippen molar-refractivity contribution < 1.29 is 18.0 Å². The number of amides is 2. The lowest BCUT2D eigenvalue weighted by Gasteiger charge is -2.36. The highest BCUT2D eigenvalue weighted by Gasteiger charge is 2.33. The molecule has 156 valence electrons. The van der Waals surface area contributed by atoms with Crippen LogP contribution in [-0.2, 0) is 26.0 Å². The summed E-state index contributed by atoms with van der Waals surface area (Å²) < 4.78 is 27.2. The van der Waals surface area contributed by atoms with Gasteiger partial charge in [0.25, 0.3) is 0 Å². The third-order valence-corrected chi connectivity index (χ3v) is 6.85. The predicted octanol–water partition coefficient (Wildman–Crippen LogP) is 1.63. The van der Waals surface area contributed by atoms with Crippen molar-refractivity contribution in [3.05, 3.63) is 29.8 Å². The highest BCUT2D eigenvalue weighted by molar-refractivity contribution is 7.89. The molecule has 7 nitrogen and oxygen atoms in total. The van der Waals surface area contributed by atoms with E-state index < -0.39 is 16.1 Å². The summed E-state index contributed by atoms with van der Waals surface area (Å²) in [6.07, 6.45) is 1.93. The first kappa shape index (κ1) is 22.4. The van der Waals surface area contributed by atoms with E-state index in [0.29, 0.717) is 13.1 Å². The van der Waals surface area contributed by atoms with E-state index in [1.807, 2.05) is 26.0 Å². The fourth-order valence-electron chi connectivity index (χ4n) is 3.34. The number of hydrogen-bond acceptors (Lipinski definition) is 4. The SMILES string of the molecule is CCCc1ccc(S(=O)(=O)N2CCN(C(=O)[C@H](NC(C)=O)C(C)C)CC2)cc1. The molecule has 8 heteroatoms. The van der Waals surface area contributed by atoms with Crippen molar-refractivity contribution in [2.75, 3.05) is 26.2 Å². The summed E-state index contributed by atoms with van der Waals surface area (Å²) in [7, 11) is -3.57. The Morgan fingerprint density at radius 2 is 1.64 bits per heavy atom. The van der Waals surface area contributed by atoms with E-state index >= 15 is 0 Å². The third-order valence-electron chi connectivity index (χ3n) is 4.94. The summed E-state index contributed by atoms with van der Waals surface area (Å²) in [5, 5.41) is 2.70. The number of piperazine rings is 1. The zero-order valence-corrected chi connectivity index (χ0v) is 18.0. The molecule has 0 unspecified atom stereocenters. The van der Waals surface area contributed by atoms with Crippen molar-refractivity contribution in [2.45, 2.75) is 51.5 Å². The fraction of sp³-hybridized carbons (Fsp3) is 0.600. The van der Waals surface area contributed by atoms with Crippen molar-refractivity contribution in [2.24, 2.45) is 5.92 Å². The maximum absolute atomic E-state index is 12.9. The van der Waals surface area contributed by atoms with Gasteiger partial charge < -0.3 is 10.2 Å². The van der Waals surface area contributed by atoms with E-state index in [1.165, 1.54) is 11.2 Å². The number of sulfonamides is 1. The van der Waals surface area contributed by atoms with Crippen molar-refractivity contribution >= 4 is 21.8 Å². The number of benzene rings is 1. The van der Waals surface area contributed by atoms with Gasteiger partial charge in [0.15, 0.2) is 0 Å². The topological polar surface area (TPSA) is 86.8 Å². The third kappa shape index (κ3) is 5.32. The molecule has 1 aromatic rings. The highest BCUT2D eigenvalue weighted by atomic mass is 32.2. The van der Waals surface area contributed by atoms with Crippen LogP contribution in [-0.4, -0.2) is 61.7 Å². The van der Waals surface area contributed by atoms with Gasteiger partial charge in [0.1, 0.15) is 6.04 Å². The molecule has 1 saturated heterocycles. The number of aryl methyl sites for hydroxylation is 1. The molecule has 0 saturated carbocycles. The Balaban J connectivity index is 2.03. The molecule has 1 fully saturated rings. The Morgan fingerprint density at radius 3 is 2.11 bits per heavy atom. The van der Waals surface area contributed by atoms with E-state index in [4.69, 9.17) is 0 Å². The van der Waals surface area contributed by atoms with Gasteiger partial charge in [0.2, 0.25) is 21.8 Å². The minimum atomic E-state index is -3.57. The molecule has 1 aliphatic rings. The van der Waals surface area contributed by atoms with E-state index in [9.17, 15) is 18.0 Å². The van der Waals surface area contributed by atoms with Gasteiger partial charge >= 0.3 is 0 Å². The monoisotopic (exact) mass is 409 g/mol. The normalized spacial score (nSPS) is 16.8. The molecule has 1 aliphatic heterocycles. The fourth-order valence-corrected chi connectivity index (χ4v) is 4.77. The largest absolute Gasteiger partial charge is 0.344 e.